The van der Waals surface area contributed by atoms with Crippen LogP contribution in [0.25, 0.3) is 0 Å². The Morgan fingerprint density at radius 3 is 2.52 bits per heavy atom. The van der Waals surface area contributed by atoms with Crippen molar-refractivity contribution in [1.29, 1.82) is 0 Å². The van der Waals surface area contributed by atoms with Gasteiger partial charge in [0.2, 0.25) is 0 Å². The highest BCUT2D eigenvalue weighted by Gasteiger charge is 2.51. The molecule has 8 atom stereocenters. The second-order valence-corrected chi connectivity index (χ2v) is 9.17. The molecule has 1 unspecified atom stereocenters. The molecule has 3 N–H and O–H groups in total. The van der Waals surface area contributed by atoms with E-state index < -0.39 is 5.79 Å². The zero-order chi connectivity index (χ0) is 16.8. The summed E-state index contributed by atoms with van der Waals surface area (Å²) in [6.45, 7) is 8.84. The molecule has 3 fully saturated rings. The molecule has 1 aliphatic heterocycles. The monoisotopic (exact) mass is 323 g/mol. The first-order valence-corrected chi connectivity index (χ1v) is 9.93. The number of hydrogen-bond acceptors (Lipinski definition) is 3. The minimum Gasteiger partial charge on any atom is -0.365 e. The highest BCUT2D eigenvalue weighted by Crippen LogP contribution is 2.57. The third kappa shape index (κ3) is 3.09. The van der Waals surface area contributed by atoms with Crippen LogP contribution in [0.3, 0.4) is 0 Å². The molecule has 0 radical (unpaired) electrons. The van der Waals surface area contributed by atoms with E-state index in [2.05, 4.69) is 20.8 Å². The normalized spacial score (nSPS) is 53.5. The summed E-state index contributed by atoms with van der Waals surface area (Å²) in [4.78, 5) is 0. The summed E-state index contributed by atoms with van der Waals surface area (Å²) in [5.74, 6) is 1.88. The minimum absolute atomic E-state index is 0.257. The average molecular weight is 324 g/mol. The molecular weight excluding hydrogens is 286 g/mol. The lowest BCUT2D eigenvalue weighted by molar-refractivity contribution is -0.352. The van der Waals surface area contributed by atoms with Crippen LogP contribution in [-0.4, -0.2) is 23.0 Å². The van der Waals surface area contributed by atoms with Gasteiger partial charge in [0.05, 0.1) is 6.10 Å². The van der Waals surface area contributed by atoms with Crippen LogP contribution in [0.4, 0.5) is 0 Å². The first-order valence-electron chi connectivity index (χ1n) is 9.93. The second-order valence-electron chi connectivity index (χ2n) is 9.17. The molecule has 1 heterocycles. The molecule has 2 saturated carbocycles. The van der Waals surface area contributed by atoms with Gasteiger partial charge in [-0.15, -0.1) is 0 Å². The van der Waals surface area contributed by atoms with Crippen molar-refractivity contribution in [3.05, 3.63) is 0 Å². The van der Waals surface area contributed by atoms with Gasteiger partial charge in [-0.1, -0.05) is 27.2 Å². The third-order valence-corrected chi connectivity index (χ3v) is 7.93. The average Bonchev–Trinajstić information content (AvgIpc) is 2.51. The maximum absolute atomic E-state index is 9.97. The smallest absolute Gasteiger partial charge is 0.168 e. The van der Waals surface area contributed by atoms with E-state index in [1.54, 1.807) is 6.92 Å². The molecule has 0 amide bonds. The van der Waals surface area contributed by atoms with E-state index in [1.165, 1.54) is 44.9 Å². The molecule has 0 spiro atoms. The van der Waals surface area contributed by atoms with Gasteiger partial charge in [0.15, 0.2) is 5.79 Å². The Balaban J connectivity index is 1.60. The summed E-state index contributed by atoms with van der Waals surface area (Å²) in [5.41, 5.74) is 6.75. The Morgan fingerprint density at radius 1 is 1.17 bits per heavy atom. The van der Waals surface area contributed by atoms with Crippen LogP contribution in [0, 0.1) is 29.1 Å². The summed E-state index contributed by atoms with van der Waals surface area (Å²) in [6.07, 6.45) is 10.4. The van der Waals surface area contributed by atoms with Crippen LogP contribution in [0.1, 0.15) is 79.1 Å². The number of ether oxygens (including phenoxy) is 1. The van der Waals surface area contributed by atoms with Gasteiger partial charge >= 0.3 is 0 Å². The lowest BCUT2D eigenvalue weighted by Gasteiger charge is -2.55. The van der Waals surface area contributed by atoms with Gasteiger partial charge in [0, 0.05) is 12.0 Å². The van der Waals surface area contributed by atoms with E-state index in [9.17, 15) is 5.11 Å². The predicted molar refractivity (Wildman–Crippen MR) is 93.8 cm³/mol. The van der Waals surface area contributed by atoms with Crippen molar-refractivity contribution in [2.24, 2.45) is 34.8 Å². The lowest BCUT2D eigenvalue weighted by atomic mass is 9.51. The van der Waals surface area contributed by atoms with Crippen LogP contribution in [0.15, 0.2) is 0 Å². The van der Waals surface area contributed by atoms with Gasteiger partial charge in [-0.2, -0.15) is 0 Å². The Kier molecular flexibility index (Phi) is 4.85. The van der Waals surface area contributed by atoms with E-state index >= 15 is 0 Å². The van der Waals surface area contributed by atoms with Gasteiger partial charge in [0.1, 0.15) is 0 Å². The van der Waals surface area contributed by atoms with Gasteiger partial charge in [-0.05, 0) is 75.0 Å². The fraction of sp³-hybridized carbons (Fsp3) is 1.00. The number of aliphatic hydroxyl groups is 1. The topological polar surface area (TPSA) is 55.5 Å². The molecule has 0 bridgehead atoms. The molecule has 3 heteroatoms. The Bertz CT molecular complexity index is 424. The van der Waals surface area contributed by atoms with Crippen LogP contribution >= 0.6 is 0 Å². The van der Waals surface area contributed by atoms with E-state index in [1.807, 2.05) is 0 Å². The molecule has 3 nitrogen and oxygen atoms in total. The zero-order valence-corrected chi connectivity index (χ0v) is 15.6. The third-order valence-electron chi connectivity index (χ3n) is 7.93. The first kappa shape index (κ1) is 17.7. The van der Waals surface area contributed by atoms with Crippen molar-refractivity contribution in [1.82, 2.24) is 0 Å². The number of hydrogen-bond donors (Lipinski definition) is 2. The molecule has 23 heavy (non-hydrogen) atoms. The molecule has 0 aromatic heterocycles. The fourth-order valence-corrected chi connectivity index (χ4v) is 6.16. The Labute approximate surface area is 142 Å². The van der Waals surface area contributed by atoms with Crippen molar-refractivity contribution in [2.45, 2.75) is 97.0 Å². The SMILES string of the molecule is CC[C@H]1[C@H](CC[C@@H]2OC(C)(O)[C@@H]2C)CC[C@@H]2C[C@H](N)CC[C@@]21C. The molecule has 1 saturated heterocycles. The fourth-order valence-electron chi connectivity index (χ4n) is 6.16. The van der Waals surface area contributed by atoms with Crippen LogP contribution in [0.5, 0.6) is 0 Å². The molecule has 0 aromatic rings. The van der Waals surface area contributed by atoms with Crippen molar-refractivity contribution in [3.8, 4) is 0 Å². The largest absolute Gasteiger partial charge is 0.365 e. The summed E-state index contributed by atoms with van der Waals surface area (Å²) in [7, 11) is 0. The summed E-state index contributed by atoms with van der Waals surface area (Å²) in [6, 6.07) is 0.439. The van der Waals surface area contributed by atoms with E-state index in [0.29, 0.717) is 11.5 Å². The van der Waals surface area contributed by atoms with Crippen molar-refractivity contribution >= 4 is 0 Å². The zero-order valence-electron chi connectivity index (χ0n) is 15.6. The minimum atomic E-state index is -0.891. The van der Waals surface area contributed by atoms with E-state index in [-0.39, 0.29) is 12.0 Å². The van der Waals surface area contributed by atoms with Crippen LogP contribution in [-0.2, 0) is 4.74 Å². The number of nitrogens with two attached hydrogens (primary N) is 1. The first-order chi connectivity index (χ1) is 10.8. The van der Waals surface area contributed by atoms with Gasteiger partial charge in [0.25, 0.3) is 0 Å². The summed E-state index contributed by atoms with van der Waals surface area (Å²) >= 11 is 0. The van der Waals surface area contributed by atoms with E-state index in [4.69, 9.17) is 10.5 Å². The molecular formula is C20H37NO2. The lowest BCUT2D eigenvalue weighted by Crippen LogP contribution is -2.57. The quantitative estimate of drug-likeness (QED) is 0.819. The van der Waals surface area contributed by atoms with Crippen molar-refractivity contribution in [3.63, 3.8) is 0 Å². The predicted octanol–water partition coefficient (Wildman–Crippen LogP) is 4.08. The van der Waals surface area contributed by atoms with Gasteiger partial charge in [-0.3, -0.25) is 0 Å². The molecule has 3 rings (SSSR count). The summed E-state index contributed by atoms with van der Waals surface area (Å²) in [5, 5.41) is 9.97. The van der Waals surface area contributed by atoms with E-state index in [0.717, 1.165) is 24.2 Å². The molecule has 3 aliphatic rings. The highest BCUT2D eigenvalue weighted by atomic mass is 16.7. The maximum atomic E-state index is 9.97. The molecule has 0 aromatic carbocycles. The Morgan fingerprint density at radius 2 is 1.91 bits per heavy atom. The van der Waals surface area contributed by atoms with Crippen LogP contribution in [0.2, 0.25) is 0 Å². The molecule has 2 aliphatic carbocycles. The number of fused-ring (bicyclic) bond motifs is 1. The molecule has 134 valence electrons. The second kappa shape index (κ2) is 6.31. The highest BCUT2D eigenvalue weighted by molar-refractivity contribution is 5.00. The summed E-state index contributed by atoms with van der Waals surface area (Å²) < 4.78 is 5.68. The van der Waals surface area contributed by atoms with Gasteiger partial charge in [-0.25, -0.2) is 0 Å². The van der Waals surface area contributed by atoms with Crippen molar-refractivity contribution in [2.75, 3.05) is 0 Å². The van der Waals surface area contributed by atoms with Crippen molar-refractivity contribution < 1.29 is 9.84 Å². The maximum Gasteiger partial charge on any atom is 0.168 e. The van der Waals surface area contributed by atoms with Gasteiger partial charge < -0.3 is 15.6 Å². The Hall–Kier alpha value is -0.120. The standard InChI is InChI=1S/C20H37NO2/c1-5-17-14(7-9-18-13(2)20(4,22)23-18)6-8-15-12-16(21)10-11-19(15,17)3/h13-18,22H,5-12,21H2,1-4H3/t13-,14+,15-,16-,17+,18+,19+,20?/m1/s1. The number of rotatable bonds is 4. The van der Waals surface area contributed by atoms with Crippen LogP contribution < -0.4 is 5.73 Å².